The molecule has 2 aromatic rings. The average molecular weight is 268 g/mol. The Morgan fingerprint density at radius 2 is 2.25 bits per heavy atom. The van der Waals surface area contributed by atoms with Crippen molar-refractivity contribution in [3.8, 4) is 6.07 Å². The summed E-state index contributed by atoms with van der Waals surface area (Å²) in [5.74, 6) is 0.948. The molecule has 1 N–H and O–H groups in total. The van der Waals surface area contributed by atoms with E-state index in [0.29, 0.717) is 0 Å². The molecule has 0 saturated heterocycles. The number of aryl methyl sites for hydroxylation is 1. The Kier molecular flexibility index (Phi) is 3.23. The Morgan fingerprint density at radius 1 is 1.45 bits per heavy atom. The number of nitriles is 1. The van der Waals surface area contributed by atoms with Crippen LogP contribution in [-0.2, 0) is 6.54 Å². The van der Waals surface area contributed by atoms with E-state index in [1.165, 1.54) is 12.0 Å². The molecule has 1 aromatic carbocycles. The van der Waals surface area contributed by atoms with Crippen LogP contribution >= 0.6 is 0 Å². The zero-order valence-corrected chi connectivity index (χ0v) is 12.1. The molecule has 1 aliphatic rings. The predicted octanol–water partition coefficient (Wildman–Crippen LogP) is 3.00. The third kappa shape index (κ3) is 2.41. The molecule has 0 aliphatic heterocycles. The summed E-state index contributed by atoms with van der Waals surface area (Å²) in [6, 6.07) is 8.85. The SMILES string of the molecule is Cc1nc2ccc(CN(C)CC3(C#N)CCC3)cc2[nH]1. The van der Waals surface area contributed by atoms with Gasteiger partial charge in [0.1, 0.15) is 5.82 Å². The van der Waals surface area contributed by atoms with Gasteiger partial charge in [-0.1, -0.05) is 12.5 Å². The molecule has 3 rings (SSSR count). The number of aromatic nitrogens is 2. The summed E-state index contributed by atoms with van der Waals surface area (Å²) in [7, 11) is 2.10. The van der Waals surface area contributed by atoms with Crippen LogP contribution in [0.3, 0.4) is 0 Å². The van der Waals surface area contributed by atoms with Crippen molar-refractivity contribution in [1.29, 1.82) is 5.26 Å². The lowest BCUT2D eigenvalue weighted by atomic mass is 9.69. The first-order valence-corrected chi connectivity index (χ1v) is 7.15. The fraction of sp³-hybridized carbons (Fsp3) is 0.500. The summed E-state index contributed by atoms with van der Waals surface area (Å²) in [4.78, 5) is 9.94. The van der Waals surface area contributed by atoms with Gasteiger partial charge >= 0.3 is 0 Å². The van der Waals surface area contributed by atoms with E-state index in [4.69, 9.17) is 0 Å². The molecule has 0 atom stereocenters. The Morgan fingerprint density at radius 3 is 2.90 bits per heavy atom. The van der Waals surface area contributed by atoms with Crippen molar-refractivity contribution in [2.75, 3.05) is 13.6 Å². The largest absolute Gasteiger partial charge is 0.342 e. The lowest BCUT2D eigenvalue weighted by Gasteiger charge is -2.38. The van der Waals surface area contributed by atoms with Gasteiger partial charge in [-0.3, -0.25) is 0 Å². The van der Waals surface area contributed by atoms with Crippen LogP contribution in [0.5, 0.6) is 0 Å². The first-order chi connectivity index (χ1) is 9.60. The van der Waals surface area contributed by atoms with Gasteiger partial charge in [0.2, 0.25) is 0 Å². The van der Waals surface area contributed by atoms with E-state index in [2.05, 4.69) is 46.2 Å². The van der Waals surface area contributed by atoms with Gasteiger partial charge in [-0.05, 0) is 44.5 Å². The fourth-order valence-electron chi connectivity index (χ4n) is 3.08. The molecule has 0 spiro atoms. The van der Waals surface area contributed by atoms with Gasteiger partial charge in [0.25, 0.3) is 0 Å². The first-order valence-electron chi connectivity index (χ1n) is 7.15. The Balaban J connectivity index is 1.70. The van der Waals surface area contributed by atoms with Crippen LogP contribution in [0.15, 0.2) is 18.2 Å². The van der Waals surface area contributed by atoms with Gasteiger partial charge in [-0.2, -0.15) is 5.26 Å². The number of aromatic amines is 1. The monoisotopic (exact) mass is 268 g/mol. The number of nitrogens with zero attached hydrogens (tertiary/aromatic N) is 3. The maximum Gasteiger partial charge on any atom is 0.104 e. The highest BCUT2D eigenvalue weighted by atomic mass is 15.1. The topological polar surface area (TPSA) is 55.7 Å². The minimum atomic E-state index is -0.0938. The Bertz CT molecular complexity index is 661. The van der Waals surface area contributed by atoms with Gasteiger partial charge in [-0.15, -0.1) is 0 Å². The van der Waals surface area contributed by atoms with Gasteiger partial charge in [-0.25, -0.2) is 4.98 Å². The number of nitrogens with one attached hydrogen (secondary N) is 1. The van der Waals surface area contributed by atoms with E-state index < -0.39 is 0 Å². The van der Waals surface area contributed by atoms with E-state index in [1.807, 2.05) is 6.92 Å². The molecule has 1 heterocycles. The maximum atomic E-state index is 9.31. The van der Waals surface area contributed by atoms with Crippen LogP contribution in [0, 0.1) is 23.7 Å². The standard InChI is InChI=1S/C16H20N4/c1-12-18-14-5-4-13(8-15(14)19-12)9-20(2)11-16(10-17)6-3-7-16/h4-5,8H,3,6-7,9,11H2,1-2H3,(H,18,19). The van der Waals surface area contributed by atoms with E-state index in [9.17, 15) is 5.26 Å². The van der Waals surface area contributed by atoms with E-state index in [0.717, 1.165) is 42.8 Å². The third-order valence-corrected chi connectivity index (χ3v) is 4.24. The smallest absolute Gasteiger partial charge is 0.104 e. The van der Waals surface area contributed by atoms with Crippen molar-refractivity contribution < 1.29 is 0 Å². The van der Waals surface area contributed by atoms with Crippen molar-refractivity contribution in [2.45, 2.75) is 32.7 Å². The van der Waals surface area contributed by atoms with Crippen molar-refractivity contribution in [1.82, 2.24) is 14.9 Å². The summed E-state index contributed by atoms with van der Waals surface area (Å²) in [5, 5.41) is 9.31. The Hall–Kier alpha value is -1.86. The number of hydrogen-bond acceptors (Lipinski definition) is 3. The van der Waals surface area contributed by atoms with Gasteiger partial charge in [0.15, 0.2) is 0 Å². The molecule has 1 aliphatic carbocycles. The second-order valence-corrected chi connectivity index (χ2v) is 6.09. The highest BCUT2D eigenvalue weighted by molar-refractivity contribution is 5.75. The zero-order chi connectivity index (χ0) is 14.2. The molecule has 1 saturated carbocycles. The highest BCUT2D eigenvalue weighted by Gasteiger charge is 2.37. The minimum absolute atomic E-state index is 0.0938. The molecular formula is C16H20N4. The lowest BCUT2D eigenvalue weighted by Crippen LogP contribution is -2.39. The Labute approximate surface area is 119 Å². The maximum absolute atomic E-state index is 9.31. The van der Waals surface area contributed by atoms with E-state index in [1.54, 1.807) is 0 Å². The number of benzene rings is 1. The van der Waals surface area contributed by atoms with Crippen LogP contribution in [0.25, 0.3) is 11.0 Å². The van der Waals surface area contributed by atoms with Crippen molar-refractivity contribution in [3.05, 3.63) is 29.6 Å². The second kappa shape index (κ2) is 4.92. The predicted molar refractivity (Wildman–Crippen MR) is 79.1 cm³/mol. The highest BCUT2D eigenvalue weighted by Crippen LogP contribution is 2.40. The van der Waals surface area contributed by atoms with Crippen molar-refractivity contribution >= 4 is 11.0 Å². The molecular weight excluding hydrogens is 248 g/mol. The van der Waals surface area contributed by atoms with Crippen LogP contribution in [-0.4, -0.2) is 28.5 Å². The summed E-state index contributed by atoms with van der Waals surface area (Å²) >= 11 is 0. The molecule has 4 heteroatoms. The van der Waals surface area contributed by atoms with Crippen LogP contribution in [0.4, 0.5) is 0 Å². The molecule has 20 heavy (non-hydrogen) atoms. The molecule has 1 fully saturated rings. The van der Waals surface area contributed by atoms with Gasteiger partial charge < -0.3 is 9.88 Å². The van der Waals surface area contributed by atoms with Crippen LogP contribution in [0.1, 0.15) is 30.7 Å². The van der Waals surface area contributed by atoms with Crippen molar-refractivity contribution in [2.24, 2.45) is 5.41 Å². The lowest BCUT2D eigenvalue weighted by molar-refractivity contribution is 0.134. The van der Waals surface area contributed by atoms with Gasteiger partial charge in [0.05, 0.1) is 22.5 Å². The molecule has 0 radical (unpaired) electrons. The van der Waals surface area contributed by atoms with Crippen LogP contribution < -0.4 is 0 Å². The summed E-state index contributed by atoms with van der Waals surface area (Å²) < 4.78 is 0. The number of fused-ring (bicyclic) bond motifs is 1. The van der Waals surface area contributed by atoms with E-state index in [-0.39, 0.29) is 5.41 Å². The quantitative estimate of drug-likeness (QED) is 0.927. The first kappa shape index (κ1) is 13.1. The molecule has 0 bridgehead atoms. The minimum Gasteiger partial charge on any atom is -0.342 e. The van der Waals surface area contributed by atoms with E-state index >= 15 is 0 Å². The molecule has 1 aromatic heterocycles. The third-order valence-electron chi connectivity index (χ3n) is 4.24. The average Bonchev–Trinajstić information content (AvgIpc) is 2.73. The zero-order valence-electron chi connectivity index (χ0n) is 12.1. The number of hydrogen-bond donors (Lipinski definition) is 1. The number of rotatable bonds is 4. The van der Waals surface area contributed by atoms with Crippen LogP contribution in [0.2, 0.25) is 0 Å². The summed E-state index contributed by atoms with van der Waals surface area (Å²) in [6.07, 6.45) is 3.29. The summed E-state index contributed by atoms with van der Waals surface area (Å²) in [6.45, 7) is 3.71. The number of H-pyrrole nitrogens is 1. The molecule has 0 amide bonds. The van der Waals surface area contributed by atoms with Gasteiger partial charge in [0, 0.05) is 13.1 Å². The summed E-state index contributed by atoms with van der Waals surface area (Å²) in [5.41, 5.74) is 3.27. The molecule has 0 unspecified atom stereocenters. The second-order valence-electron chi connectivity index (χ2n) is 6.09. The number of imidazole rings is 1. The molecule has 4 nitrogen and oxygen atoms in total. The van der Waals surface area contributed by atoms with Crippen molar-refractivity contribution in [3.63, 3.8) is 0 Å². The molecule has 104 valence electrons. The normalized spacial score (nSPS) is 17.1. The fourth-order valence-corrected chi connectivity index (χ4v) is 3.08.